The fraction of sp³-hybridized carbons (Fsp3) is 0.143. The smallest absolute Gasteiger partial charge is 0.303 e. The number of pyridine rings is 1. The number of nitrogens with zero attached hydrogens (tertiary/aromatic N) is 4. The van der Waals surface area contributed by atoms with E-state index in [0.29, 0.717) is 24.7 Å². The van der Waals surface area contributed by atoms with Gasteiger partial charge in [-0.15, -0.1) is 0 Å². The van der Waals surface area contributed by atoms with Gasteiger partial charge >= 0.3 is 5.69 Å². The van der Waals surface area contributed by atoms with Crippen LogP contribution < -0.4 is 4.90 Å². The molecule has 0 radical (unpaired) electrons. The van der Waals surface area contributed by atoms with E-state index >= 15 is 0 Å². The lowest BCUT2D eigenvalue weighted by Crippen LogP contribution is -2.29. The quantitative estimate of drug-likeness (QED) is 0.632. The number of anilines is 1. The van der Waals surface area contributed by atoms with Gasteiger partial charge in [-0.1, -0.05) is 34.1 Å². The first-order chi connectivity index (χ1) is 10.2. The Labute approximate surface area is 129 Å². The maximum absolute atomic E-state index is 11.2. The first kappa shape index (κ1) is 13.7. The molecule has 21 heavy (non-hydrogen) atoms. The summed E-state index contributed by atoms with van der Waals surface area (Å²) < 4.78 is 0.897. The zero-order valence-corrected chi connectivity index (χ0v) is 12.5. The summed E-state index contributed by atoms with van der Waals surface area (Å²) >= 11 is 3.49. The van der Waals surface area contributed by atoms with Gasteiger partial charge in [0, 0.05) is 28.8 Å². The number of benzene rings is 1. The van der Waals surface area contributed by atoms with E-state index in [0.717, 1.165) is 10.0 Å². The fourth-order valence-corrected chi connectivity index (χ4v) is 2.73. The molecule has 2 heterocycles. The van der Waals surface area contributed by atoms with Gasteiger partial charge in [0.25, 0.3) is 0 Å². The summed E-state index contributed by atoms with van der Waals surface area (Å²) in [5, 5.41) is 11.2. The van der Waals surface area contributed by atoms with Gasteiger partial charge in [0.15, 0.2) is 0 Å². The van der Waals surface area contributed by atoms with Gasteiger partial charge in [-0.05, 0) is 12.1 Å². The maximum atomic E-state index is 11.2. The molecule has 106 valence electrons. The average molecular weight is 347 g/mol. The second kappa shape index (κ2) is 5.61. The molecule has 0 fully saturated rings. The number of amidine groups is 1. The Morgan fingerprint density at radius 1 is 1.24 bits per heavy atom. The molecular weight excluding hydrogens is 336 g/mol. The third-order valence-corrected chi connectivity index (χ3v) is 3.87. The van der Waals surface area contributed by atoms with Gasteiger partial charge in [-0.25, -0.2) is 4.98 Å². The number of hydrogen-bond donors (Lipinski definition) is 0. The van der Waals surface area contributed by atoms with E-state index in [1.54, 1.807) is 17.2 Å². The molecule has 0 aliphatic carbocycles. The summed E-state index contributed by atoms with van der Waals surface area (Å²) in [5.41, 5.74) is 0.883. The van der Waals surface area contributed by atoms with E-state index in [1.807, 2.05) is 24.3 Å². The van der Waals surface area contributed by atoms with E-state index in [2.05, 4.69) is 25.9 Å². The van der Waals surface area contributed by atoms with Crippen LogP contribution in [0.25, 0.3) is 0 Å². The molecule has 1 aromatic carbocycles. The van der Waals surface area contributed by atoms with Crippen molar-refractivity contribution in [2.24, 2.45) is 4.99 Å². The highest BCUT2D eigenvalue weighted by Gasteiger charge is 2.28. The van der Waals surface area contributed by atoms with Crippen LogP contribution in [0.3, 0.4) is 0 Å². The van der Waals surface area contributed by atoms with Crippen molar-refractivity contribution in [1.29, 1.82) is 0 Å². The second-order valence-electron chi connectivity index (χ2n) is 4.44. The Hall–Kier alpha value is -2.28. The molecule has 0 spiro atoms. The maximum Gasteiger partial charge on any atom is 0.311 e. The summed E-state index contributed by atoms with van der Waals surface area (Å²) in [7, 11) is 0. The molecule has 0 N–H and O–H groups in total. The minimum absolute atomic E-state index is 0.0147. The van der Waals surface area contributed by atoms with E-state index in [1.165, 1.54) is 6.07 Å². The van der Waals surface area contributed by atoms with E-state index in [9.17, 15) is 10.1 Å². The third-order valence-electron chi connectivity index (χ3n) is 3.17. The first-order valence-corrected chi connectivity index (χ1v) is 7.14. The molecule has 1 aliphatic heterocycles. The van der Waals surface area contributed by atoms with Crippen molar-refractivity contribution in [2.75, 3.05) is 18.0 Å². The van der Waals surface area contributed by atoms with E-state index < -0.39 is 4.92 Å². The van der Waals surface area contributed by atoms with Crippen LogP contribution in [-0.2, 0) is 0 Å². The highest BCUT2D eigenvalue weighted by atomic mass is 79.9. The van der Waals surface area contributed by atoms with Gasteiger partial charge in [-0.3, -0.25) is 15.1 Å². The van der Waals surface area contributed by atoms with Crippen LogP contribution in [0, 0.1) is 10.1 Å². The predicted octanol–water partition coefficient (Wildman–Crippen LogP) is 3.02. The molecule has 1 aromatic heterocycles. The van der Waals surface area contributed by atoms with Gasteiger partial charge < -0.3 is 4.90 Å². The Kier molecular flexibility index (Phi) is 3.66. The molecule has 3 rings (SSSR count). The number of halogens is 1. The van der Waals surface area contributed by atoms with Crippen molar-refractivity contribution in [3.63, 3.8) is 0 Å². The Balaban J connectivity index is 2.06. The summed E-state index contributed by atoms with van der Waals surface area (Å²) in [6, 6.07) is 10.7. The SMILES string of the molecule is O=[N+]([O-])c1cccnc1N1CCN=C1c1ccccc1Br. The Morgan fingerprint density at radius 2 is 2.05 bits per heavy atom. The van der Waals surface area contributed by atoms with Gasteiger partial charge in [0.05, 0.1) is 11.5 Å². The second-order valence-corrected chi connectivity index (χ2v) is 5.29. The number of rotatable bonds is 3. The van der Waals surface area contributed by atoms with Crippen molar-refractivity contribution in [2.45, 2.75) is 0 Å². The normalized spacial score (nSPS) is 14.1. The van der Waals surface area contributed by atoms with Gasteiger partial charge in [-0.2, -0.15) is 0 Å². The van der Waals surface area contributed by atoms with Crippen LogP contribution in [0.15, 0.2) is 52.1 Å². The van der Waals surface area contributed by atoms with Crippen LogP contribution in [0.1, 0.15) is 5.56 Å². The van der Waals surface area contributed by atoms with Crippen LogP contribution in [-0.4, -0.2) is 28.8 Å². The summed E-state index contributed by atoms with van der Waals surface area (Å²) in [6.07, 6.45) is 1.55. The number of hydrogen-bond acceptors (Lipinski definition) is 5. The minimum atomic E-state index is -0.418. The van der Waals surface area contributed by atoms with Crippen LogP contribution in [0.2, 0.25) is 0 Å². The highest BCUT2D eigenvalue weighted by Crippen LogP contribution is 2.29. The summed E-state index contributed by atoms with van der Waals surface area (Å²) in [6.45, 7) is 1.17. The third kappa shape index (κ3) is 2.52. The molecule has 0 amide bonds. The zero-order valence-electron chi connectivity index (χ0n) is 10.9. The molecule has 0 bridgehead atoms. The predicted molar refractivity (Wildman–Crippen MR) is 83.8 cm³/mol. The first-order valence-electron chi connectivity index (χ1n) is 6.35. The minimum Gasteiger partial charge on any atom is -0.303 e. The lowest BCUT2D eigenvalue weighted by molar-refractivity contribution is -0.384. The van der Waals surface area contributed by atoms with E-state index in [4.69, 9.17) is 0 Å². The van der Waals surface area contributed by atoms with Crippen molar-refractivity contribution >= 4 is 33.3 Å². The number of nitro groups is 1. The topological polar surface area (TPSA) is 71.6 Å². The molecule has 0 atom stereocenters. The van der Waals surface area contributed by atoms with Crippen LogP contribution >= 0.6 is 15.9 Å². The van der Waals surface area contributed by atoms with Crippen molar-refractivity contribution in [3.8, 4) is 0 Å². The standard InChI is InChI=1S/C14H11BrN4O2/c15-11-5-2-1-4-10(11)13-17-8-9-18(13)14-12(19(20)21)6-3-7-16-14/h1-7H,8-9H2. The van der Waals surface area contributed by atoms with Crippen molar-refractivity contribution < 1.29 is 4.92 Å². The molecule has 0 saturated carbocycles. The summed E-state index contributed by atoms with van der Waals surface area (Å²) in [5.74, 6) is 1.03. The number of aliphatic imine (C=N–C) groups is 1. The van der Waals surface area contributed by atoms with Crippen molar-refractivity contribution in [3.05, 3.63) is 62.7 Å². The monoisotopic (exact) mass is 346 g/mol. The lowest BCUT2D eigenvalue weighted by atomic mass is 10.2. The fourth-order valence-electron chi connectivity index (χ4n) is 2.27. The molecule has 6 nitrogen and oxygen atoms in total. The van der Waals surface area contributed by atoms with Gasteiger partial charge in [0.2, 0.25) is 5.82 Å². The summed E-state index contributed by atoms with van der Waals surface area (Å²) in [4.78, 5) is 21.2. The highest BCUT2D eigenvalue weighted by molar-refractivity contribution is 9.10. The molecule has 0 unspecified atom stereocenters. The Morgan fingerprint density at radius 3 is 2.81 bits per heavy atom. The van der Waals surface area contributed by atoms with Gasteiger partial charge in [0.1, 0.15) is 5.84 Å². The van der Waals surface area contributed by atoms with Crippen LogP contribution in [0.4, 0.5) is 11.5 Å². The molecule has 0 saturated heterocycles. The molecule has 1 aliphatic rings. The van der Waals surface area contributed by atoms with E-state index in [-0.39, 0.29) is 5.69 Å². The molecule has 7 heteroatoms. The Bertz CT molecular complexity index is 732. The number of aromatic nitrogens is 1. The van der Waals surface area contributed by atoms with Crippen molar-refractivity contribution in [1.82, 2.24) is 4.98 Å². The largest absolute Gasteiger partial charge is 0.311 e. The average Bonchev–Trinajstić information content (AvgIpc) is 2.96. The zero-order chi connectivity index (χ0) is 14.8. The lowest BCUT2D eigenvalue weighted by Gasteiger charge is -2.19. The van der Waals surface area contributed by atoms with Crippen LogP contribution in [0.5, 0.6) is 0 Å². The molecular formula is C14H11BrN4O2. The molecule has 2 aromatic rings.